The molecule has 4 nitrogen and oxygen atoms in total. The van der Waals surface area contributed by atoms with Crippen LogP contribution in [0.15, 0.2) is 0 Å². The highest BCUT2D eigenvalue weighted by molar-refractivity contribution is 6.60. The Labute approximate surface area is 197 Å². The van der Waals surface area contributed by atoms with Crippen molar-refractivity contribution in [3.63, 3.8) is 0 Å². The fourth-order valence-electron chi connectivity index (χ4n) is 4.78. The molecular weight excluding hydrogens is 402 g/mol. The molecule has 0 bridgehead atoms. The van der Waals surface area contributed by atoms with Gasteiger partial charge in [-0.05, 0) is 25.7 Å². The molecule has 0 heterocycles. The molecule has 0 fully saturated rings. The maximum atomic E-state index is 5.63. The Morgan fingerprint density at radius 3 is 1.35 bits per heavy atom. The molecule has 0 saturated carbocycles. The van der Waals surface area contributed by atoms with Gasteiger partial charge in [0.15, 0.2) is 0 Å². The van der Waals surface area contributed by atoms with Crippen molar-refractivity contribution in [1.29, 1.82) is 0 Å². The monoisotopic (exact) mass is 460 g/mol. The molecule has 188 valence electrons. The lowest BCUT2D eigenvalue weighted by molar-refractivity contribution is -0.916. The van der Waals surface area contributed by atoms with Crippen LogP contribution in [0.2, 0.25) is 6.04 Å². The van der Waals surface area contributed by atoms with Crippen molar-refractivity contribution in [2.75, 3.05) is 42.0 Å². The zero-order chi connectivity index (χ0) is 23.4. The Bertz CT molecular complexity index is 381. The van der Waals surface area contributed by atoms with Gasteiger partial charge in [-0.1, -0.05) is 84.5 Å². The maximum Gasteiger partial charge on any atom is 0.500 e. The summed E-state index contributed by atoms with van der Waals surface area (Å²) in [5.74, 6) is 0. The van der Waals surface area contributed by atoms with E-state index in [-0.39, 0.29) is 0 Å². The van der Waals surface area contributed by atoms with Crippen LogP contribution in [0.25, 0.3) is 0 Å². The van der Waals surface area contributed by atoms with E-state index in [0.29, 0.717) is 0 Å². The lowest BCUT2D eigenvalue weighted by atomic mass is 9.97. The molecular formula is C26H58NO3Si+. The van der Waals surface area contributed by atoms with Crippen LogP contribution in [0.3, 0.4) is 0 Å². The standard InChI is InChI=1S/C26H58NO3Si/c1-8-10-12-14-16-18-20-23-26(22-19-17-15-13-11-9-2)27(3,4)24-21-25-31(28-5,29-6)30-7/h26H,8-25H2,1-7H3/q+1. The molecule has 5 heteroatoms. The maximum absolute atomic E-state index is 5.63. The summed E-state index contributed by atoms with van der Waals surface area (Å²) in [4.78, 5) is 0. The zero-order valence-electron chi connectivity index (χ0n) is 22.5. The van der Waals surface area contributed by atoms with Gasteiger partial charge in [0.05, 0.1) is 26.7 Å². The summed E-state index contributed by atoms with van der Waals surface area (Å²) in [6.07, 6.45) is 22.0. The van der Waals surface area contributed by atoms with Crippen LogP contribution in [0, 0.1) is 0 Å². The van der Waals surface area contributed by atoms with Gasteiger partial charge in [-0.2, -0.15) is 0 Å². The summed E-state index contributed by atoms with van der Waals surface area (Å²) in [7, 11) is 7.60. The van der Waals surface area contributed by atoms with Crippen LogP contribution in [-0.4, -0.2) is 61.3 Å². The second-order valence-corrected chi connectivity index (χ2v) is 13.1. The van der Waals surface area contributed by atoms with Gasteiger partial charge in [-0.15, -0.1) is 0 Å². The van der Waals surface area contributed by atoms with Gasteiger partial charge in [-0.3, -0.25) is 0 Å². The Morgan fingerprint density at radius 2 is 0.968 bits per heavy atom. The second kappa shape index (κ2) is 19.5. The van der Waals surface area contributed by atoms with Gasteiger partial charge in [0.1, 0.15) is 0 Å². The number of nitrogens with zero attached hydrogens (tertiary/aromatic N) is 1. The van der Waals surface area contributed by atoms with Crippen molar-refractivity contribution >= 4 is 8.80 Å². The fraction of sp³-hybridized carbons (Fsp3) is 1.00. The minimum Gasteiger partial charge on any atom is -0.377 e. The molecule has 0 aromatic heterocycles. The van der Waals surface area contributed by atoms with E-state index >= 15 is 0 Å². The van der Waals surface area contributed by atoms with E-state index in [1.54, 1.807) is 21.3 Å². The molecule has 0 N–H and O–H groups in total. The SMILES string of the molecule is CCCCCCCCCC(CCCCCCCC)[N+](C)(C)CCC[Si](OC)(OC)OC. The first kappa shape index (κ1) is 31.1. The predicted molar refractivity (Wildman–Crippen MR) is 138 cm³/mol. The normalized spacial score (nSPS) is 13.6. The number of hydrogen-bond acceptors (Lipinski definition) is 3. The van der Waals surface area contributed by atoms with Crippen LogP contribution in [0.5, 0.6) is 0 Å². The van der Waals surface area contributed by atoms with Gasteiger partial charge >= 0.3 is 8.80 Å². The number of quaternary nitrogens is 1. The van der Waals surface area contributed by atoms with Gasteiger partial charge in [0.2, 0.25) is 0 Å². The summed E-state index contributed by atoms with van der Waals surface area (Å²) >= 11 is 0. The minimum absolute atomic E-state index is 0.769. The van der Waals surface area contributed by atoms with Crippen LogP contribution in [0.1, 0.15) is 117 Å². The first-order chi connectivity index (χ1) is 14.9. The van der Waals surface area contributed by atoms with Gasteiger partial charge in [-0.25, -0.2) is 0 Å². The van der Waals surface area contributed by atoms with Crippen molar-refractivity contribution < 1.29 is 17.8 Å². The van der Waals surface area contributed by atoms with E-state index in [1.807, 2.05) is 0 Å². The zero-order valence-corrected chi connectivity index (χ0v) is 23.5. The van der Waals surface area contributed by atoms with E-state index in [2.05, 4.69) is 27.9 Å². The summed E-state index contributed by atoms with van der Waals surface area (Å²) in [6, 6.07) is 1.67. The smallest absolute Gasteiger partial charge is 0.377 e. The molecule has 1 atom stereocenters. The van der Waals surface area contributed by atoms with E-state index in [9.17, 15) is 0 Å². The third-order valence-corrected chi connectivity index (χ3v) is 10.0. The number of hydrogen-bond donors (Lipinski definition) is 0. The number of rotatable bonds is 23. The molecule has 31 heavy (non-hydrogen) atoms. The highest BCUT2D eigenvalue weighted by Gasteiger charge is 2.38. The molecule has 0 amide bonds. The molecule has 1 unspecified atom stereocenters. The third kappa shape index (κ3) is 14.7. The van der Waals surface area contributed by atoms with E-state index in [0.717, 1.165) is 23.0 Å². The van der Waals surface area contributed by atoms with E-state index in [4.69, 9.17) is 13.3 Å². The van der Waals surface area contributed by atoms with Gasteiger partial charge in [0, 0.05) is 33.8 Å². The molecule has 0 spiro atoms. The largest absolute Gasteiger partial charge is 0.500 e. The Morgan fingerprint density at radius 1 is 0.581 bits per heavy atom. The van der Waals surface area contributed by atoms with Crippen LogP contribution in [0.4, 0.5) is 0 Å². The summed E-state index contributed by atoms with van der Waals surface area (Å²) in [5, 5.41) is 0. The first-order valence-corrected chi connectivity index (χ1v) is 15.3. The molecule has 0 aromatic carbocycles. The van der Waals surface area contributed by atoms with Crippen molar-refractivity contribution in [3.8, 4) is 0 Å². The van der Waals surface area contributed by atoms with E-state index in [1.165, 1.54) is 103 Å². The van der Waals surface area contributed by atoms with E-state index < -0.39 is 8.80 Å². The lowest BCUT2D eigenvalue weighted by Crippen LogP contribution is -2.50. The predicted octanol–water partition coefficient (Wildman–Crippen LogP) is 7.59. The second-order valence-electron chi connectivity index (χ2n) is 10.0. The Hall–Kier alpha value is 0.0569. The van der Waals surface area contributed by atoms with Crippen LogP contribution in [-0.2, 0) is 13.3 Å². The van der Waals surface area contributed by atoms with Crippen molar-refractivity contribution in [2.24, 2.45) is 0 Å². The van der Waals surface area contributed by atoms with Gasteiger partial charge < -0.3 is 17.8 Å². The summed E-state index contributed by atoms with van der Waals surface area (Å²) in [6.45, 7) is 5.76. The average molecular weight is 461 g/mol. The molecule has 0 saturated heterocycles. The molecule has 0 aliphatic heterocycles. The fourth-order valence-corrected chi connectivity index (χ4v) is 6.49. The summed E-state index contributed by atoms with van der Waals surface area (Å²) < 4.78 is 18.0. The molecule has 0 aliphatic carbocycles. The summed E-state index contributed by atoms with van der Waals surface area (Å²) in [5.41, 5.74) is 0. The van der Waals surface area contributed by atoms with Gasteiger partial charge in [0.25, 0.3) is 0 Å². The van der Waals surface area contributed by atoms with Crippen molar-refractivity contribution in [2.45, 2.75) is 129 Å². The van der Waals surface area contributed by atoms with Crippen molar-refractivity contribution in [3.05, 3.63) is 0 Å². The van der Waals surface area contributed by atoms with Crippen LogP contribution < -0.4 is 0 Å². The lowest BCUT2D eigenvalue weighted by Gasteiger charge is -2.39. The average Bonchev–Trinajstić information content (AvgIpc) is 2.77. The topological polar surface area (TPSA) is 27.7 Å². The number of unbranched alkanes of at least 4 members (excludes halogenated alkanes) is 11. The minimum atomic E-state index is -2.45. The Kier molecular flexibility index (Phi) is 19.6. The molecule has 0 aromatic rings. The highest BCUT2D eigenvalue weighted by Crippen LogP contribution is 2.24. The quantitative estimate of drug-likeness (QED) is 0.0892. The Balaban J connectivity index is 4.58. The molecule has 0 radical (unpaired) electrons. The van der Waals surface area contributed by atoms with Crippen molar-refractivity contribution in [1.82, 2.24) is 0 Å². The first-order valence-electron chi connectivity index (χ1n) is 13.4. The van der Waals surface area contributed by atoms with Crippen LogP contribution >= 0.6 is 0 Å². The third-order valence-electron chi connectivity index (χ3n) is 7.17. The molecule has 0 rings (SSSR count). The highest BCUT2D eigenvalue weighted by atomic mass is 28.4. The molecule has 0 aliphatic rings.